The summed E-state index contributed by atoms with van der Waals surface area (Å²) in [4.78, 5) is 14.6. The number of sulfonamides is 1. The molecule has 1 saturated heterocycles. The molecule has 2 N–H and O–H groups in total. The van der Waals surface area contributed by atoms with E-state index >= 15 is 0 Å². The van der Waals surface area contributed by atoms with Crippen molar-refractivity contribution in [3.8, 4) is 0 Å². The lowest BCUT2D eigenvalue weighted by Gasteiger charge is -2.34. The molecule has 1 amide bonds. The number of rotatable bonds is 5. The lowest BCUT2D eigenvalue weighted by Crippen LogP contribution is -2.52. The van der Waals surface area contributed by atoms with Crippen molar-refractivity contribution >= 4 is 15.9 Å². The van der Waals surface area contributed by atoms with E-state index in [0.29, 0.717) is 24.6 Å². The summed E-state index contributed by atoms with van der Waals surface area (Å²) in [5.74, 6) is 0.356. The third-order valence-corrected chi connectivity index (χ3v) is 5.83. The Hall–Kier alpha value is -1.44. The zero-order valence-electron chi connectivity index (χ0n) is 13.3. The highest BCUT2D eigenvalue weighted by molar-refractivity contribution is 7.89. The molecule has 126 valence electrons. The minimum atomic E-state index is -3.55. The largest absolute Gasteiger partial charge is 0.333 e. The van der Waals surface area contributed by atoms with Crippen LogP contribution in [0.2, 0.25) is 0 Å². The molecule has 0 radical (unpaired) electrons. The molecule has 1 heterocycles. The van der Waals surface area contributed by atoms with Crippen LogP contribution in [0.4, 0.5) is 0 Å². The average molecular weight is 337 g/mol. The summed E-state index contributed by atoms with van der Waals surface area (Å²) in [6, 6.07) is 6.42. The normalized spacial score (nSPS) is 22.1. The minimum absolute atomic E-state index is 0.101. The van der Waals surface area contributed by atoms with Crippen LogP contribution in [0.15, 0.2) is 29.2 Å². The number of amides is 1. The standard InChI is InChI=1S/C16H23N3O3S/c1-12-10-17-7-8-19(12)16(20)14-3-2-4-15(9-14)23(21,22)18-11-13-5-6-13/h2-4,9,12-13,17-18H,5-8,10-11H2,1H3. The molecule has 23 heavy (non-hydrogen) atoms. The molecule has 2 aliphatic rings. The molecule has 1 atom stereocenters. The SMILES string of the molecule is CC1CNCCN1C(=O)c1cccc(S(=O)(=O)NCC2CC2)c1. The minimum Gasteiger partial charge on any atom is -0.333 e. The van der Waals surface area contributed by atoms with E-state index in [0.717, 1.165) is 25.9 Å². The molecule has 7 heteroatoms. The van der Waals surface area contributed by atoms with Crippen molar-refractivity contribution in [1.29, 1.82) is 0 Å². The van der Waals surface area contributed by atoms with Gasteiger partial charge in [0.05, 0.1) is 4.90 Å². The van der Waals surface area contributed by atoms with Crippen LogP contribution in [-0.4, -0.2) is 51.4 Å². The first-order valence-electron chi connectivity index (χ1n) is 8.09. The molecular formula is C16H23N3O3S. The molecule has 1 aromatic rings. The van der Waals surface area contributed by atoms with Crippen molar-refractivity contribution in [2.45, 2.75) is 30.7 Å². The van der Waals surface area contributed by atoms with Gasteiger partial charge in [-0.25, -0.2) is 13.1 Å². The first-order valence-corrected chi connectivity index (χ1v) is 9.57. The fourth-order valence-electron chi connectivity index (χ4n) is 2.74. The Morgan fingerprint density at radius 3 is 2.87 bits per heavy atom. The summed E-state index contributed by atoms with van der Waals surface area (Å²) in [6.07, 6.45) is 2.17. The molecule has 3 rings (SSSR count). The van der Waals surface area contributed by atoms with E-state index in [-0.39, 0.29) is 16.8 Å². The van der Waals surface area contributed by atoms with E-state index in [1.54, 1.807) is 17.0 Å². The van der Waals surface area contributed by atoms with Gasteiger partial charge >= 0.3 is 0 Å². The highest BCUT2D eigenvalue weighted by Crippen LogP contribution is 2.28. The second kappa shape index (κ2) is 6.59. The Morgan fingerprint density at radius 1 is 1.39 bits per heavy atom. The van der Waals surface area contributed by atoms with E-state index < -0.39 is 10.0 Å². The predicted octanol–water partition coefficient (Wildman–Crippen LogP) is 0.809. The van der Waals surface area contributed by atoms with Crippen LogP contribution < -0.4 is 10.0 Å². The Balaban J connectivity index is 1.77. The molecule has 6 nitrogen and oxygen atoms in total. The number of hydrogen-bond acceptors (Lipinski definition) is 4. The van der Waals surface area contributed by atoms with Crippen molar-refractivity contribution in [2.75, 3.05) is 26.2 Å². The van der Waals surface area contributed by atoms with E-state index in [2.05, 4.69) is 10.0 Å². The third kappa shape index (κ3) is 3.91. The molecule has 1 unspecified atom stereocenters. The van der Waals surface area contributed by atoms with Crippen LogP contribution in [0.5, 0.6) is 0 Å². The van der Waals surface area contributed by atoms with Gasteiger partial charge in [0.2, 0.25) is 10.0 Å². The fourth-order valence-corrected chi connectivity index (χ4v) is 3.90. The van der Waals surface area contributed by atoms with Gasteiger partial charge in [-0.15, -0.1) is 0 Å². The van der Waals surface area contributed by atoms with Gasteiger partial charge in [0.1, 0.15) is 0 Å². The zero-order chi connectivity index (χ0) is 16.4. The second-order valence-electron chi connectivity index (χ2n) is 6.37. The van der Waals surface area contributed by atoms with E-state index in [4.69, 9.17) is 0 Å². The van der Waals surface area contributed by atoms with Gasteiger partial charge in [0, 0.05) is 37.8 Å². The predicted molar refractivity (Wildman–Crippen MR) is 87.7 cm³/mol. The van der Waals surface area contributed by atoms with E-state index in [1.165, 1.54) is 12.1 Å². The maximum Gasteiger partial charge on any atom is 0.254 e. The summed E-state index contributed by atoms with van der Waals surface area (Å²) >= 11 is 0. The monoisotopic (exact) mass is 337 g/mol. The van der Waals surface area contributed by atoms with Crippen molar-refractivity contribution in [2.24, 2.45) is 5.92 Å². The molecule has 1 saturated carbocycles. The van der Waals surface area contributed by atoms with Crippen LogP contribution in [-0.2, 0) is 10.0 Å². The molecule has 2 fully saturated rings. The molecule has 1 aliphatic heterocycles. The van der Waals surface area contributed by atoms with Crippen LogP contribution >= 0.6 is 0 Å². The number of nitrogens with one attached hydrogen (secondary N) is 2. The summed E-state index contributed by atoms with van der Waals surface area (Å²) < 4.78 is 27.3. The molecule has 1 aromatic carbocycles. The van der Waals surface area contributed by atoms with E-state index in [9.17, 15) is 13.2 Å². The molecule has 0 spiro atoms. The molecule has 0 aromatic heterocycles. The highest BCUT2D eigenvalue weighted by Gasteiger charge is 2.27. The summed E-state index contributed by atoms with van der Waals surface area (Å²) in [7, 11) is -3.55. The van der Waals surface area contributed by atoms with Gasteiger partial charge < -0.3 is 10.2 Å². The number of hydrogen-bond donors (Lipinski definition) is 2. The van der Waals surface area contributed by atoms with Crippen molar-refractivity contribution in [1.82, 2.24) is 14.9 Å². The van der Waals surface area contributed by atoms with Gasteiger partial charge in [-0.2, -0.15) is 0 Å². The van der Waals surface area contributed by atoms with Crippen LogP contribution in [0, 0.1) is 5.92 Å². The second-order valence-corrected chi connectivity index (χ2v) is 8.14. The van der Waals surface area contributed by atoms with Gasteiger partial charge in [0.25, 0.3) is 5.91 Å². The van der Waals surface area contributed by atoms with Crippen molar-refractivity contribution < 1.29 is 13.2 Å². The zero-order valence-corrected chi connectivity index (χ0v) is 14.1. The Morgan fingerprint density at radius 2 is 2.17 bits per heavy atom. The molecule has 1 aliphatic carbocycles. The Kier molecular flexibility index (Phi) is 4.70. The Labute approximate surface area is 137 Å². The topological polar surface area (TPSA) is 78.5 Å². The maximum absolute atomic E-state index is 12.6. The van der Waals surface area contributed by atoms with Gasteiger partial charge in [0.15, 0.2) is 0 Å². The molecular weight excluding hydrogens is 314 g/mol. The van der Waals surface area contributed by atoms with Crippen molar-refractivity contribution in [3.05, 3.63) is 29.8 Å². The van der Waals surface area contributed by atoms with Gasteiger partial charge in [-0.1, -0.05) is 6.07 Å². The van der Waals surface area contributed by atoms with Crippen LogP contribution in [0.1, 0.15) is 30.1 Å². The number of nitrogens with zero attached hydrogens (tertiary/aromatic N) is 1. The number of carbonyl (C=O) groups is 1. The first-order chi connectivity index (χ1) is 11.0. The van der Waals surface area contributed by atoms with E-state index in [1.807, 2.05) is 6.92 Å². The number of carbonyl (C=O) groups excluding carboxylic acids is 1. The number of benzene rings is 1. The third-order valence-electron chi connectivity index (χ3n) is 4.41. The summed E-state index contributed by atoms with van der Waals surface area (Å²) in [5, 5.41) is 3.24. The van der Waals surface area contributed by atoms with Gasteiger partial charge in [-0.05, 0) is 43.9 Å². The highest BCUT2D eigenvalue weighted by atomic mass is 32.2. The van der Waals surface area contributed by atoms with Crippen LogP contribution in [0.25, 0.3) is 0 Å². The lowest BCUT2D eigenvalue weighted by atomic mass is 10.1. The number of piperazine rings is 1. The summed E-state index contributed by atoms with van der Waals surface area (Å²) in [6.45, 7) is 4.62. The average Bonchev–Trinajstić information content (AvgIpc) is 3.37. The summed E-state index contributed by atoms with van der Waals surface area (Å²) in [5.41, 5.74) is 0.424. The smallest absolute Gasteiger partial charge is 0.254 e. The lowest BCUT2D eigenvalue weighted by molar-refractivity contribution is 0.0655. The van der Waals surface area contributed by atoms with Gasteiger partial charge in [-0.3, -0.25) is 4.79 Å². The maximum atomic E-state index is 12.6. The Bertz CT molecular complexity index is 686. The quantitative estimate of drug-likeness (QED) is 0.833. The van der Waals surface area contributed by atoms with Crippen molar-refractivity contribution in [3.63, 3.8) is 0 Å². The van der Waals surface area contributed by atoms with Crippen LogP contribution in [0.3, 0.4) is 0 Å². The first kappa shape index (κ1) is 16.4. The molecule has 0 bridgehead atoms. The fraction of sp³-hybridized carbons (Fsp3) is 0.562.